The fourth-order valence-corrected chi connectivity index (χ4v) is 4.15. The van der Waals surface area contributed by atoms with Gasteiger partial charge in [-0.2, -0.15) is 0 Å². The quantitative estimate of drug-likeness (QED) is 0.786. The Kier molecular flexibility index (Phi) is 2.35. The van der Waals surface area contributed by atoms with Crippen LogP contribution in [-0.2, 0) is 4.79 Å². The SMILES string of the molecule is O=C(NC1(CBr)CCC1)C1C2CCCC21. The molecule has 3 rings (SSSR count). The highest BCUT2D eigenvalue weighted by atomic mass is 79.9. The molecular weight excluding hydrogens is 254 g/mol. The summed E-state index contributed by atoms with van der Waals surface area (Å²) in [7, 11) is 0. The van der Waals surface area contributed by atoms with Gasteiger partial charge in [0.1, 0.15) is 0 Å². The van der Waals surface area contributed by atoms with E-state index in [9.17, 15) is 4.79 Å². The van der Waals surface area contributed by atoms with Crippen LogP contribution in [0.3, 0.4) is 0 Å². The van der Waals surface area contributed by atoms with Crippen LogP contribution in [0.1, 0.15) is 38.5 Å². The van der Waals surface area contributed by atoms with Gasteiger partial charge in [-0.25, -0.2) is 0 Å². The first kappa shape index (κ1) is 10.1. The lowest BCUT2D eigenvalue weighted by atomic mass is 9.78. The summed E-state index contributed by atoms with van der Waals surface area (Å²) in [5.74, 6) is 2.23. The lowest BCUT2D eigenvalue weighted by Crippen LogP contribution is -2.55. The fourth-order valence-electron chi connectivity index (χ4n) is 3.45. The second-order valence-corrected chi connectivity index (χ2v) is 6.10. The van der Waals surface area contributed by atoms with Gasteiger partial charge in [-0.15, -0.1) is 0 Å². The third kappa shape index (κ3) is 1.54. The van der Waals surface area contributed by atoms with Crippen LogP contribution in [0.2, 0.25) is 0 Å². The molecule has 0 aromatic rings. The Morgan fingerprint density at radius 1 is 1.27 bits per heavy atom. The maximum absolute atomic E-state index is 12.1. The molecule has 3 aliphatic rings. The molecule has 3 fully saturated rings. The van der Waals surface area contributed by atoms with Crippen molar-refractivity contribution in [1.82, 2.24) is 5.32 Å². The third-order valence-corrected chi connectivity index (χ3v) is 5.74. The van der Waals surface area contributed by atoms with E-state index >= 15 is 0 Å². The summed E-state index contributed by atoms with van der Waals surface area (Å²) in [6.45, 7) is 0. The largest absolute Gasteiger partial charge is 0.350 e. The molecule has 0 aliphatic heterocycles. The predicted octanol–water partition coefficient (Wildman–Crippen LogP) is 2.47. The second-order valence-electron chi connectivity index (χ2n) is 5.54. The minimum atomic E-state index is 0.119. The van der Waals surface area contributed by atoms with E-state index < -0.39 is 0 Å². The number of fused-ring (bicyclic) bond motifs is 1. The molecule has 84 valence electrons. The van der Waals surface area contributed by atoms with Crippen molar-refractivity contribution in [3.05, 3.63) is 0 Å². The normalized spacial score (nSPS) is 40.5. The first-order chi connectivity index (χ1) is 7.26. The summed E-state index contributed by atoms with van der Waals surface area (Å²) in [4.78, 5) is 12.1. The fraction of sp³-hybridized carbons (Fsp3) is 0.917. The van der Waals surface area contributed by atoms with Crippen molar-refractivity contribution < 1.29 is 4.79 Å². The number of hydrogen-bond acceptors (Lipinski definition) is 1. The number of hydrogen-bond donors (Lipinski definition) is 1. The molecule has 0 aromatic heterocycles. The predicted molar refractivity (Wildman–Crippen MR) is 62.8 cm³/mol. The molecule has 15 heavy (non-hydrogen) atoms. The van der Waals surface area contributed by atoms with E-state index in [2.05, 4.69) is 21.2 Å². The van der Waals surface area contributed by atoms with Gasteiger partial charge in [0.05, 0.1) is 0 Å². The summed E-state index contributed by atoms with van der Waals surface area (Å²) in [6, 6.07) is 0. The molecule has 1 amide bonds. The molecule has 0 aromatic carbocycles. The van der Waals surface area contributed by atoms with Gasteiger partial charge in [-0.05, 0) is 43.9 Å². The Morgan fingerprint density at radius 3 is 2.40 bits per heavy atom. The maximum Gasteiger partial charge on any atom is 0.224 e. The van der Waals surface area contributed by atoms with E-state index in [-0.39, 0.29) is 5.54 Å². The molecule has 2 atom stereocenters. The van der Waals surface area contributed by atoms with Gasteiger partial charge in [0.25, 0.3) is 0 Å². The number of carbonyl (C=O) groups excluding carboxylic acids is 1. The van der Waals surface area contributed by atoms with Crippen LogP contribution in [0.25, 0.3) is 0 Å². The summed E-state index contributed by atoms with van der Waals surface area (Å²) in [5.41, 5.74) is 0.119. The zero-order chi connectivity index (χ0) is 10.5. The highest BCUT2D eigenvalue weighted by molar-refractivity contribution is 9.09. The topological polar surface area (TPSA) is 29.1 Å². The van der Waals surface area contributed by atoms with E-state index in [0.717, 1.165) is 30.0 Å². The summed E-state index contributed by atoms with van der Waals surface area (Å²) in [6.07, 6.45) is 7.53. The Balaban J connectivity index is 1.57. The highest BCUT2D eigenvalue weighted by Crippen LogP contribution is 2.57. The highest BCUT2D eigenvalue weighted by Gasteiger charge is 2.57. The molecule has 0 spiro atoms. The zero-order valence-electron chi connectivity index (χ0n) is 8.97. The molecule has 3 saturated carbocycles. The first-order valence-electron chi connectivity index (χ1n) is 6.14. The van der Waals surface area contributed by atoms with Crippen molar-refractivity contribution >= 4 is 21.8 Å². The third-order valence-electron chi connectivity index (χ3n) is 4.66. The van der Waals surface area contributed by atoms with Crippen molar-refractivity contribution in [3.63, 3.8) is 0 Å². The molecule has 0 bridgehead atoms. The number of nitrogens with one attached hydrogen (secondary N) is 1. The number of amides is 1. The first-order valence-corrected chi connectivity index (χ1v) is 7.26. The number of halogens is 1. The molecule has 3 aliphatic carbocycles. The van der Waals surface area contributed by atoms with E-state index in [1.165, 1.54) is 25.7 Å². The van der Waals surface area contributed by atoms with Crippen LogP contribution >= 0.6 is 15.9 Å². The molecule has 0 saturated heterocycles. The Bertz CT molecular complexity index is 272. The number of carbonyl (C=O) groups is 1. The number of rotatable bonds is 3. The summed E-state index contributed by atoms with van der Waals surface area (Å²) < 4.78 is 0. The Morgan fingerprint density at radius 2 is 1.93 bits per heavy atom. The van der Waals surface area contributed by atoms with Gasteiger partial charge in [0.15, 0.2) is 0 Å². The molecule has 2 nitrogen and oxygen atoms in total. The molecule has 0 heterocycles. The van der Waals surface area contributed by atoms with Crippen molar-refractivity contribution in [2.45, 2.75) is 44.1 Å². The standard InChI is InChI=1S/C12H18BrNO/c13-7-12(5-2-6-12)14-11(15)10-8-3-1-4-9(8)10/h8-10H,1-7H2,(H,14,15). The van der Waals surface area contributed by atoms with Gasteiger partial charge >= 0.3 is 0 Å². The second kappa shape index (κ2) is 3.47. The molecule has 1 N–H and O–H groups in total. The number of alkyl halides is 1. The van der Waals surface area contributed by atoms with Gasteiger partial charge < -0.3 is 5.32 Å². The zero-order valence-corrected chi connectivity index (χ0v) is 10.6. The van der Waals surface area contributed by atoms with Crippen LogP contribution in [0.5, 0.6) is 0 Å². The minimum Gasteiger partial charge on any atom is -0.350 e. The van der Waals surface area contributed by atoms with Crippen molar-refractivity contribution in [3.8, 4) is 0 Å². The minimum absolute atomic E-state index is 0.119. The van der Waals surface area contributed by atoms with Crippen molar-refractivity contribution in [2.75, 3.05) is 5.33 Å². The summed E-state index contributed by atoms with van der Waals surface area (Å²) in [5, 5.41) is 4.21. The Hall–Kier alpha value is -0.0500. The van der Waals surface area contributed by atoms with Crippen LogP contribution in [0, 0.1) is 17.8 Å². The monoisotopic (exact) mass is 271 g/mol. The molecule has 3 heteroatoms. The molecule has 2 unspecified atom stereocenters. The van der Waals surface area contributed by atoms with Crippen LogP contribution in [0.4, 0.5) is 0 Å². The maximum atomic E-state index is 12.1. The average molecular weight is 272 g/mol. The Labute approximate surface area is 99.3 Å². The van der Waals surface area contributed by atoms with Crippen molar-refractivity contribution in [2.24, 2.45) is 17.8 Å². The lowest BCUT2D eigenvalue weighted by Gasteiger charge is -2.41. The molecule has 0 radical (unpaired) electrons. The lowest BCUT2D eigenvalue weighted by molar-refractivity contribution is -0.125. The van der Waals surface area contributed by atoms with Gasteiger partial charge in [0, 0.05) is 16.8 Å². The van der Waals surface area contributed by atoms with Gasteiger partial charge in [-0.3, -0.25) is 4.79 Å². The average Bonchev–Trinajstić information content (AvgIpc) is 2.67. The smallest absolute Gasteiger partial charge is 0.224 e. The van der Waals surface area contributed by atoms with Crippen LogP contribution < -0.4 is 5.32 Å². The van der Waals surface area contributed by atoms with Gasteiger partial charge in [0.2, 0.25) is 5.91 Å². The van der Waals surface area contributed by atoms with E-state index in [4.69, 9.17) is 0 Å². The van der Waals surface area contributed by atoms with Crippen LogP contribution in [0.15, 0.2) is 0 Å². The van der Waals surface area contributed by atoms with E-state index in [1.54, 1.807) is 0 Å². The van der Waals surface area contributed by atoms with Gasteiger partial charge in [-0.1, -0.05) is 22.4 Å². The van der Waals surface area contributed by atoms with Crippen molar-refractivity contribution in [1.29, 1.82) is 0 Å². The van der Waals surface area contributed by atoms with E-state index in [0.29, 0.717) is 11.8 Å². The van der Waals surface area contributed by atoms with E-state index in [1.807, 2.05) is 0 Å². The summed E-state index contributed by atoms with van der Waals surface area (Å²) >= 11 is 3.53. The van der Waals surface area contributed by atoms with Crippen LogP contribution in [-0.4, -0.2) is 16.8 Å². The molecular formula is C12H18BrNO.